The maximum atomic E-state index is 2.46. The molecule has 92 valence electrons. The molecule has 0 aliphatic carbocycles. The topological polar surface area (TPSA) is 0 Å². The van der Waals surface area contributed by atoms with Crippen molar-refractivity contribution in [2.75, 3.05) is 0 Å². The van der Waals surface area contributed by atoms with E-state index >= 15 is 0 Å². The van der Waals surface area contributed by atoms with Gasteiger partial charge in [-0.15, -0.1) is 0 Å². The molecule has 0 unspecified atom stereocenters. The predicted octanol–water partition coefficient (Wildman–Crippen LogP) is 5.57. The molecule has 1 heteroatoms. The van der Waals surface area contributed by atoms with Crippen molar-refractivity contribution in [1.29, 1.82) is 0 Å². The molecule has 0 aromatic carbocycles. The van der Waals surface area contributed by atoms with Crippen LogP contribution in [0.3, 0.4) is 0 Å². The molecule has 0 aromatic heterocycles. The van der Waals surface area contributed by atoms with Crippen LogP contribution in [0.2, 0.25) is 21.0 Å². The van der Waals surface area contributed by atoms with E-state index in [9.17, 15) is 0 Å². The predicted molar refractivity (Wildman–Crippen MR) is 75.2 cm³/mol. The van der Waals surface area contributed by atoms with Crippen LogP contribution in [0.4, 0.5) is 0 Å². The second kappa shape index (κ2) is 7.76. The molecule has 0 rings (SSSR count). The Balaban J connectivity index is 4.17. The molecule has 0 radical (unpaired) electrons. The summed E-state index contributed by atoms with van der Waals surface area (Å²) >= 11 is -1.40. The van der Waals surface area contributed by atoms with Gasteiger partial charge in [-0.3, -0.25) is 0 Å². The van der Waals surface area contributed by atoms with Crippen LogP contribution in [0.1, 0.15) is 54.4 Å². The fraction of sp³-hybridized carbons (Fsp3) is 1.00. The SMILES string of the molecule is C[CH2][Ge]([CH2]C)([CH2]CC(C)C)[CH2]CC(C)C. The van der Waals surface area contributed by atoms with Crippen molar-refractivity contribution in [3.8, 4) is 0 Å². The Morgan fingerprint density at radius 2 is 1.07 bits per heavy atom. The summed E-state index contributed by atoms with van der Waals surface area (Å²) in [5, 5.41) is 6.35. The summed E-state index contributed by atoms with van der Waals surface area (Å²) in [6.07, 6.45) is 2.97. The van der Waals surface area contributed by atoms with Crippen LogP contribution in [0.15, 0.2) is 0 Å². The van der Waals surface area contributed by atoms with E-state index in [0.29, 0.717) is 0 Å². The zero-order chi connectivity index (χ0) is 11.9. The van der Waals surface area contributed by atoms with Crippen LogP contribution in [-0.4, -0.2) is 13.3 Å². The third kappa shape index (κ3) is 6.65. The molecule has 0 atom stereocenters. The van der Waals surface area contributed by atoms with E-state index in [0.717, 1.165) is 11.8 Å². The van der Waals surface area contributed by atoms with Gasteiger partial charge in [0, 0.05) is 0 Å². The fourth-order valence-electron chi connectivity index (χ4n) is 2.27. The first kappa shape index (κ1) is 15.5. The first-order valence-corrected chi connectivity index (χ1v) is 12.9. The molecule has 0 aliphatic heterocycles. The van der Waals surface area contributed by atoms with Gasteiger partial charge in [0.15, 0.2) is 0 Å². The van der Waals surface area contributed by atoms with Crippen LogP contribution in [0, 0.1) is 11.8 Å². The molecule has 0 saturated heterocycles. The van der Waals surface area contributed by atoms with Gasteiger partial charge in [0.2, 0.25) is 0 Å². The van der Waals surface area contributed by atoms with Crippen LogP contribution < -0.4 is 0 Å². The Bertz CT molecular complexity index is 131. The molecular weight excluding hydrogens is 241 g/mol. The molecule has 0 aromatic rings. The first-order chi connectivity index (χ1) is 6.95. The van der Waals surface area contributed by atoms with Crippen LogP contribution in [0.5, 0.6) is 0 Å². The Labute approximate surface area is 101 Å². The standard InChI is InChI=1S/C14H32Ge/c1-7-15(8-2,11-9-13(3)4)12-10-14(5)6/h13-14H,7-12H2,1-6H3. The third-order valence-corrected chi connectivity index (χ3v) is 16.0. The summed E-state index contributed by atoms with van der Waals surface area (Å²) in [6, 6.07) is 0. The Hall–Kier alpha value is 0.543. The summed E-state index contributed by atoms with van der Waals surface area (Å²) in [4.78, 5) is 0. The molecule has 0 saturated carbocycles. The summed E-state index contributed by atoms with van der Waals surface area (Å²) in [5.41, 5.74) is 0. The average Bonchev–Trinajstić information content (AvgIpc) is 2.19. The van der Waals surface area contributed by atoms with E-state index in [-0.39, 0.29) is 0 Å². The van der Waals surface area contributed by atoms with Crippen LogP contribution in [0.25, 0.3) is 0 Å². The second-order valence-corrected chi connectivity index (χ2v) is 17.4. The average molecular weight is 273 g/mol. The van der Waals surface area contributed by atoms with E-state index < -0.39 is 13.3 Å². The van der Waals surface area contributed by atoms with Gasteiger partial charge in [0.25, 0.3) is 0 Å². The van der Waals surface area contributed by atoms with Crippen LogP contribution in [-0.2, 0) is 0 Å². The quantitative estimate of drug-likeness (QED) is 0.507. The van der Waals surface area contributed by atoms with Crippen molar-refractivity contribution in [3.05, 3.63) is 0 Å². The third-order valence-electron chi connectivity index (χ3n) is 4.00. The van der Waals surface area contributed by atoms with E-state index in [1.807, 2.05) is 0 Å². The van der Waals surface area contributed by atoms with Crippen molar-refractivity contribution in [2.24, 2.45) is 11.8 Å². The minimum atomic E-state index is -1.40. The number of hydrogen-bond acceptors (Lipinski definition) is 0. The fourth-order valence-corrected chi connectivity index (χ4v) is 11.8. The van der Waals surface area contributed by atoms with Gasteiger partial charge >= 0.3 is 100 Å². The molecule has 0 aliphatic rings. The van der Waals surface area contributed by atoms with Gasteiger partial charge in [-0.25, -0.2) is 0 Å². The Morgan fingerprint density at radius 1 is 0.733 bits per heavy atom. The summed E-state index contributed by atoms with van der Waals surface area (Å²) < 4.78 is 0. The molecule has 0 fully saturated rings. The summed E-state index contributed by atoms with van der Waals surface area (Å²) in [5.74, 6) is 1.82. The molecular formula is C14H32Ge. The van der Waals surface area contributed by atoms with Crippen molar-refractivity contribution < 1.29 is 0 Å². The van der Waals surface area contributed by atoms with Gasteiger partial charge in [-0.1, -0.05) is 0 Å². The summed E-state index contributed by atoms with van der Waals surface area (Å²) in [7, 11) is 0. The van der Waals surface area contributed by atoms with E-state index in [4.69, 9.17) is 0 Å². The minimum absolute atomic E-state index is 0.909. The van der Waals surface area contributed by atoms with Gasteiger partial charge in [0.1, 0.15) is 0 Å². The molecule has 0 nitrogen and oxygen atoms in total. The van der Waals surface area contributed by atoms with Gasteiger partial charge in [0.05, 0.1) is 0 Å². The Morgan fingerprint density at radius 3 is 1.27 bits per heavy atom. The van der Waals surface area contributed by atoms with Crippen molar-refractivity contribution in [1.82, 2.24) is 0 Å². The van der Waals surface area contributed by atoms with Gasteiger partial charge in [-0.05, 0) is 0 Å². The second-order valence-electron chi connectivity index (χ2n) is 6.07. The maximum absolute atomic E-state index is 2.46. The molecule has 0 N–H and O–H groups in total. The van der Waals surface area contributed by atoms with E-state index in [2.05, 4.69) is 41.5 Å². The monoisotopic (exact) mass is 274 g/mol. The van der Waals surface area contributed by atoms with Gasteiger partial charge in [-0.2, -0.15) is 0 Å². The number of rotatable bonds is 8. The molecule has 15 heavy (non-hydrogen) atoms. The van der Waals surface area contributed by atoms with Crippen molar-refractivity contribution >= 4 is 13.3 Å². The Kier molecular flexibility index (Phi) is 8.04. The molecule has 0 bridgehead atoms. The molecule has 0 amide bonds. The zero-order valence-corrected chi connectivity index (χ0v) is 14.0. The van der Waals surface area contributed by atoms with E-state index in [1.54, 1.807) is 21.0 Å². The van der Waals surface area contributed by atoms with Gasteiger partial charge < -0.3 is 0 Å². The van der Waals surface area contributed by atoms with Crippen molar-refractivity contribution in [2.45, 2.75) is 75.4 Å². The van der Waals surface area contributed by atoms with Crippen LogP contribution >= 0.6 is 0 Å². The first-order valence-electron chi connectivity index (χ1n) is 6.95. The zero-order valence-electron chi connectivity index (χ0n) is 11.9. The van der Waals surface area contributed by atoms with Crippen molar-refractivity contribution in [3.63, 3.8) is 0 Å². The normalized spacial score (nSPS) is 12.8. The molecule has 0 heterocycles. The number of hydrogen-bond donors (Lipinski definition) is 0. The summed E-state index contributed by atoms with van der Waals surface area (Å²) in [6.45, 7) is 14.4. The van der Waals surface area contributed by atoms with E-state index in [1.165, 1.54) is 12.8 Å². The molecule has 0 spiro atoms.